The first-order valence-electron chi connectivity index (χ1n) is 6.51. The molecule has 0 bridgehead atoms. The zero-order valence-electron chi connectivity index (χ0n) is 12.1. The van der Waals surface area contributed by atoms with Crippen molar-refractivity contribution in [3.05, 3.63) is 66.1 Å². The van der Waals surface area contributed by atoms with Gasteiger partial charge >= 0.3 is 0 Å². The monoisotopic (exact) mass is 266 g/mol. The standard InChI is InChI=1S/C17H18N2O/c1-5-12(2)6-9-14(4)16-18-19-17(20-16)15-10-7-13(3)8-11-15/h5-11H,4H2,1-3H3/b9-6-,12-5-. The number of hydrogen-bond acceptors (Lipinski definition) is 3. The summed E-state index contributed by atoms with van der Waals surface area (Å²) in [6, 6.07) is 7.97. The highest BCUT2D eigenvalue weighted by Gasteiger charge is 2.09. The Kier molecular flexibility index (Phi) is 4.31. The highest BCUT2D eigenvalue weighted by molar-refractivity contribution is 5.67. The van der Waals surface area contributed by atoms with E-state index in [0.29, 0.717) is 17.4 Å². The number of aromatic nitrogens is 2. The number of allylic oxidation sites excluding steroid dienone is 5. The summed E-state index contributed by atoms with van der Waals surface area (Å²) in [5.74, 6) is 0.957. The minimum absolute atomic E-state index is 0.445. The smallest absolute Gasteiger partial charge is 0.248 e. The summed E-state index contributed by atoms with van der Waals surface area (Å²) in [6.07, 6.45) is 5.87. The molecule has 0 aliphatic heterocycles. The highest BCUT2D eigenvalue weighted by atomic mass is 16.4. The van der Waals surface area contributed by atoms with Crippen molar-refractivity contribution in [2.75, 3.05) is 0 Å². The Morgan fingerprint density at radius 1 is 1.15 bits per heavy atom. The Morgan fingerprint density at radius 2 is 1.85 bits per heavy atom. The minimum Gasteiger partial charge on any atom is -0.416 e. The van der Waals surface area contributed by atoms with Crippen LogP contribution in [-0.4, -0.2) is 10.2 Å². The van der Waals surface area contributed by atoms with E-state index in [1.807, 2.05) is 63.3 Å². The van der Waals surface area contributed by atoms with Crippen molar-refractivity contribution in [2.45, 2.75) is 20.8 Å². The Hall–Kier alpha value is -2.42. The van der Waals surface area contributed by atoms with Gasteiger partial charge in [-0.15, -0.1) is 10.2 Å². The van der Waals surface area contributed by atoms with Crippen molar-refractivity contribution < 1.29 is 4.42 Å². The van der Waals surface area contributed by atoms with Crippen molar-refractivity contribution in [3.63, 3.8) is 0 Å². The molecule has 0 saturated heterocycles. The van der Waals surface area contributed by atoms with Crippen LogP contribution >= 0.6 is 0 Å². The van der Waals surface area contributed by atoms with Gasteiger partial charge in [0.15, 0.2) is 0 Å². The second-order valence-electron chi connectivity index (χ2n) is 4.67. The van der Waals surface area contributed by atoms with Crippen LogP contribution in [0, 0.1) is 6.92 Å². The molecule has 102 valence electrons. The van der Waals surface area contributed by atoms with Crippen molar-refractivity contribution in [1.82, 2.24) is 10.2 Å². The van der Waals surface area contributed by atoms with Gasteiger partial charge in [-0.2, -0.15) is 0 Å². The predicted octanol–water partition coefficient (Wildman–Crippen LogP) is 4.58. The number of rotatable bonds is 4. The van der Waals surface area contributed by atoms with Crippen LogP contribution in [0.5, 0.6) is 0 Å². The Morgan fingerprint density at radius 3 is 2.50 bits per heavy atom. The molecule has 0 radical (unpaired) electrons. The largest absolute Gasteiger partial charge is 0.416 e. The van der Waals surface area contributed by atoms with Crippen LogP contribution in [-0.2, 0) is 0 Å². The topological polar surface area (TPSA) is 38.9 Å². The molecule has 0 fully saturated rings. The molecule has 0 spiro atoms. The van der Waals surface area contributed by atoms with Crippen molar-refractivity contribution in [3.8, 4) is 11.5 Å². The van der Waals surface area contributed by atoms with Gasteiger partial charge in [0.25, 0.3) is 0 Å². The maximum absolute atomic E-state index is 5.64. The van der Waals surface area contributed by atoms with Crippen LogP contribution < -0.4 is 0 Å². The first kappa shape index (κ1) is 14.0. The van der Waals surface area contributed by atoms with Gasteiger partial charge in [-0.3, -0.25) is 0 Å². The maximum atomic E-state index is 5.64. The fraction of sp³-hybridized carbons (Fsp3) is 0.176. The molecular weight excluding hydrogens is 248 g/mol. The van der Waals surface area contributed by atoms with E-state index < -0.39 is 0 Å². The van der Waals surface area contributed by atoms with Gasteiger partial charge in [0, 0.05) is 11.1 Å². The van der Waals surface area contributed by atoms with E-state index in [9.17, 15) is 0 Å². The molecule has 0 saturated carbocycles. The summed E-state index contributed by atoms with van der Waals surface area (Å²) in [5, 5.41) is 8.09. The highest BCUT2D eigenvalue weighted by Crippen LogP contribution is 2.21. The summed E-state index contributed by atoms with van der Waals surface area (Å²) < 4.78 is 5.64. The van der Waals surface area contributed by atoms with Crippen LogP contribution in [0.3, 0.4) is 0 Å². The Labute approximate surface area is 119 Å². The quantitative estimate of drug-likeness (QED) is 0.760. The SMILES string of the molecule is C=C(/C=C\C(C)=C/C)c1nnc(-c2ccc(C)cc2)o1. The molecule has 1 aromatic carbocycles. The lowest BCUT2D eigenvalue weighted by atomic mass is 10.1. The Bertz CT molecular complexity index is 661. The average molecular weight is 266 g/mol. The molecule has 0 amide bonds. The summed E-state index contributed by atoms with van der Waals surface area (Å²) in [5.41, 5.74) is 3.97. The second-order valence-corrected chi connectivity index (χ2v) is 4.67. The molecule has 0 N–H and O–H groups in total. The van der Waals surface area contributed by atoms with E-state index in [2.05, 4.69) is 16.8 Å². The molecule has 0 aliphatic rings. The van der Waals surface area contributed by atoms with Crippen molar-refractivity contribution >= 4 is 5.57 Å². The van der Waals surface area contributed by atoms with Crippen LogP contribution in [0.4, 0.5) is 0 Å². The zero-order chi connectivity index (χ0) is 14.5. The molecule has 1 aromatic heterocycles. The lowest BCUT2D eigenvalue weighted by molar-refractivity contribution is 0.554. The van der Waals surface area contributed by atoms with Crippen LogP contribution in [0.25, 0.3) is 17.0 Å². The third-order valence-corrected chi connectivity index (χ3v) is 3.00. The molecule has 3 heteroatoms. The average Bonchev–Trinajstić information content (AvgIpc) is 2.95. The molecule has 1 heterocycles. The third-order valence-electron chi connectivity index (χ3n) is 3.00. The van der Waals surface area contributed by atoms with E-state index in [0.717, 1.165) is 11.1 Å². The van der Waals surface area contributed by atoms with Gasteiger partial charge < -0.3 is 4.42 Å². The molecule has 0 aliphatic carbocycles. The molecule has 0 atom stereocenters. The van der Waals surface area contributed by atoms with Crippen LogP contribution in [0.1, 0.15) is 25.3 Å². The lowest BCUT2D eigenvalue weighted by Gasteiger charge is -1.95. The molecule has 0 unspecified atom stereocenters. The van der Waals surface area contributed by atoms with Crippen molar-refractivity contribution in [2.24, 2.45) is 0 Å². The van der Waals surface area contributed by atoms with Crippen LogP contribution in [0.15, 0.2) is 59.1 Å². The predicted molar refractivity (Wildman–Crippen MR) is 82.1 cm³/mol. The van der Waals surface area contributed by atoms with Gasteiger partial charge in [0.05, 0.1) is 0 Å². The van der Waals surface area contributed by atoms with E-state index in [1.54, 1.807) is 0 Å². The Balaban J connectivity index is 2.18. The first-order valence-corrected chi connectivity index (χ1v) is 6.51. The lowest BCUT2D eigenvalue weighted by Crippen LogP contribution is -1.79. The number of hydrogen-bond donors (Lipinski definition) is 0. The van der Waals surface area contributed by atoms with Crippen molar-refractivity contribution in [1.29, 1.82) is 0 Å². The van der Waals surface area contributed by atoms with E-state index in [4.69, 9.17) is 4.42 Å². The van der Waals surface area contributed by atoms with Gasteiger partial charge in [-0.1, -0.05) is 42.0 Å². The van der Waals surface area contributed by atoms with Crippen LogP contribution in [0.2, 0.25) is 0 Å². The fourth-order valence-corrected chi connectivity index (χ4v) is 1.57. The summed E-state index contributed by atoms with van der Waals surface area (Å²) in [7, 11) is 0. The third kappa shape index (κ3) is 3.32. The molecule has 3 nitrogen and oxygen atoms in total. The maximum Gasteiger partial charge on any atom is 0.248 e. The zero-order valence-corrected chi connectivity index (χ0v) is 12.1. The fourth-order valence-electron chi connectivity index (χ4n) is 1.57. The van der Waals surface area contributed by atoms with E-state index in [1.165, 1.54) is 5.56 Å². The van der Waals surface area contributed by atoms with Gasteiger partial charge in [-0.05, 0) is 39.0 Å². The minimum atomic E-state index is 0.445. The summed E-state index contributed by atoms with van der Waals surface area (Å²) in [4.78, 5) is 0. The first-order chi connectivity index (χ1) is 9.60. The summed E-state index contributed by atoms with van der Waals surface area (Å²) in [6.45, 7) is 10.00. The number of nitrogens with zero attached hydrogens (tertiary/aromatic N) is 2. The molecule has 2 rings (SSSR count). The second kappa shape index (κ2) is 6.15. The summed E-state index contributed by atoms with van der Waals surface area (Å²) >= 11 is 0. The van der Waals surface area contributed by atoms with Gasteiger partial charge in [0.2, 0.25) is 11.8 Å². The van der Waals surface area contributed by atoms with E-state index >= 15 is 0 Å². The molecule has 20 heavy (non-hydrogen) atoms. The number of aryl methyl sites for hydroxylation is 1. The van der Waals surface area contributed by atoms with Gasteiger partial charge in [-0.25, -0.2) is 0 Å². The number of benzene rings is 1. The van der Waals surface area contributed by atoms with E-state index in [-0.39, 0.29) is 0 Å². The van der Waals surface area contributed by atoms with Gasteiger partial charge in [0.1, 0.15) is 0 Å². The molecule has 2 aromatic rings. The molecular formula is C17H18N2O. The normalized spacial score (nSPS) is 12.1.